The molecular weight excluding hydrogens is 889 g/mol. The molecular formula is C41H72N10O14S. The Kier molecular flexibility index (Phi) is 32.8. The second-order valence-corrected chi connectivity index (χ2v) is 17.7. The van der Waals surface area contributed by atoms with Crippen molar-refractivity contribution < 1.29 is 66.5 Å². The predicted molar refractivity (Wildman–Crippen MR) is 237 cm³/mol. The fourth-order valence-electron chi connectivity index (χ4n) is 6.41. The number of rotatable bonds is 43. The number of amides is 6. The monoisotopic (exact) mass is 960 g/mol. The zero-order valence-corrected chi connectivity index (χ0v) is 38.8. The third-order valence-corrected chi connectivity index (χ3v) is 11.3. The number of primary amides is 1. The van der Waals surface area contributed by atoms with E-state index in [0.29, 0.717) is 6.42 Å². The Morgan fingerprint density at radius 2 is 1.06 bits per heavy atom. The number of aromatic amines is 1. The van der Waals surface area contributed by atoms with E-state index in [-0.39, 0.29) is 90.9 Å². The van der Waals surface area contributed by atoms with Crippen LogP contribution in [0, 0.1) is 0 Å². The molecule has 10 N–H and O–H groups in total. The maximum absolute atomic E-state index is 12.4. The Balaban J connectivity index is 2.12. The SMILES string of the molecule is NC(=O)COCCOCCNC(=O)CC[C@H](NC(=O)CC[C@H](NC(=O)CCCNC(=O)CCCS(=O)(=O)NC(=O)CCCCCCCCCCCCCCCc1nnn[nH]1)C(=O)O)C(=O)O. The first-order valence-corrected chi connectivity index (χ1v) is 24.5. The number of sulfonamides is 1. The number of unbranched alkanes of at least 4 members (excludes halogenated alkanes) is 12. The van der Waals surface area contributed by atoms with Crippen LogP contribution < -0.4 is 31.7 Å². The summed E-state index contributed by atoms with van der Waals surface area (Å²) in [5, 5.41) is 42.4. The number of H-pyrrole nitrogens is 1. The van der Waals surface area contributed by atoms with Gasteiger partial charge < -0.3 is 46.7 Å². The number of nitrogens with two attached hydrogens (primary N) is 1. The van der Waals surface area contributed by atoms with E-state index in [1.54, 1.807) is 0 Å². The van der Waals surface area contributed by atoms with E-state index < -0.39 is 81.7 Å². The van der Waals surface area contributed by atoms with Gasteiger partial charge >= 0.3 is 11.9 Å². The molecule has 0 aliphatic carbocycles. The van der Waals surface area contributed by atoms with Crippen LogP contribution in [0.25, 0.3) is 0 Å². The summed E-state index contributed by atoms with van der Waals surface area (Å²) in [5.74, 6) is -6.06. The lowest BCUT2D eigenvalue weighted by Gasteiger charge is -2.17. The molecule has 1 aromatic rings. The molecule has 0 spiro atoms. The van der Waals surface area contributed by atoms with Crippen LogP contribution in [-0.4, -0.2) is 144 Å². The number of nitrogens with zero attached hydrogens (tertiary/aromatic N) is 3. The number of aryl methyl sites for hydroxylation is 1. The van der Waals surface area contributed by atoms with E-state index in [0.717, 1.165) is 44.3 Å². The van der Waals surface area contributed by atoms with Crippen LogP contribution in [0.1, 0.15) is 147 Å². The average molecular weight is 961 g/mol. The van der Waals surface area contributed by atoms with Crippen LogP contribution in [0.2, 0.25) is 0 Å². The zero-order chi connectivity index (χ0) is 48.8. The molecule has 0 radical (unpaired) electrons. The summed E-state index contributed by atoms with van der Waals surface area (Å²) in [5.41, 5.74) is 4.94. The molecule has 1 heterocycles. The zero-order valence-electron chi connectivity index (χ0n) is 38.0. The number of carbonyl (C=O) groups excluding carboxylic acids is 6. The van der Waals surface area contributed by atoms with Crippen molar-refractivity contribution in [1.29, 1.82) is 0 Å². The highest BCUT2D eigenvalue weighted by molar-refractivity contribution is 7.90. The number of hydrogen-bond acceptors (Lipinski definition) is 15. The molecule has 0 saturated carbocycles. The van der Waals surface area contributed by atoms with Crippen molar-refractivity contribution >= 4 is 57.4 Å². The number of ether oxygens (including phenoxy) is 2. The fourth-order valence-corrected chi connectivity index (χ4v) is 7.49. The normalized spacial score (nSPS) is 12.1. The van der Waals surface area contributed by atoms with Gasteiger partial charge in [0.15, 0.2) is 0 Å². The van der Waals surface area contributed by atoms with Crippen molar-refractivity contribution in [3.8, 4) is 0 Å². The largest absolute Gasteiger partial charge is 0.480 e. The molecule has 0 bridgehead atoms. The molecule has 376 valence electrons. The number of aromatic nitrogens is 4. The van der Waals surface area contributed by atoms with Crippen molar-refractivity contribution in [2.45, 2.75) is 160 Å². The highest BCUT2D eigenvalue weighted by Crippen LogP contribution is 2.14. The van der Waals surface area contributed by atoms with Crippen molar-refractivity contribution in [3.63, 3.8) is 0 Å². The van der Waals surface area contributed by atoms with Crippen LogP contribution in [0.3, 0.4) is 0 Å². The molecule has 1 aromatic heterocycles. The van der Waals surface area contributed by atoms with Crippen molar-refractivity contribution in [2.24, 2.45) is 5.73 Å². The number of carboxylic acid groups (broad SMARTS) is 2. The Hall–Kier alpha value is -5.30. The number of carboxylic acids is 2. The molecule has 24 nitrogen and oxygen atoms in total. The summed E-state index contributed by atoms with van der Waals surface area (Å²) >= 11 is 0. The quantitative estimate of drug-likeness (QED) is 0.0406. The summed E-state index contributed by atoms with van der Waals surface area (Å²) in [6.45, 7) is 0.317. The lowest BCUT2D eigenvalue weighted by Crippen LogP contribution is -2.44. The van der Waals surface area contributed by atoms with Gasteiger partial charge in [0, 0.05) is 51.6 Å². The molecule has 2 atom stereocenters. The summed E-state index contributed by atoms with van der Waals surface area (Å²) in [6, 6.07) is -2.90. The summed E-state index contributed by atoms with van der Waals surface area (Å²) in [4.78, 5) is 95.3. The molecule has 6 amide bonds. The molecule has 1 rings (SSSR count). The molecule has 0 aliphatic rings. The smallest absolute Gasteiger partial charge is 0.326 e. The van der Waals surface area contributed by atoms with Gasteiger partial charge in [0.2, 0.25) is 45.5 Å². The van der Waals surface area contributed by atoms with E-state index in [1.807, 2.05) is 0 Å². The number of tetrazole rings is 1. The van der Waals surface area contributed by atoms with Crippen molar-refractivity contribution in [3.05, 3.63) is 5.82 Å². The first kappa shape index (κ1) is 58.7. The van der Waals surface area contributed by atoms with E-state index in [1.165, 1.54) is 44.9 Å². The maximum atomic E-state index is 12.4. The Labute approximate surface area is 386 Å². The number of hydrogen-bond donors (Lipinski definition) is 9. The molecule has 0 aliphatic heterocycles. The van der Waals surface area contributed by atoms with Gasteiger partial charge in [0.25, 0.3) is 0 Å². The lowest BCUT2D eigenvalue weighted by molar-refractivity contribution is -0.143. The molecule has 0 saturated heterocycles. The van der Waals surface area contributed by atoms with Gasteiger partial charge in [0.1, 0.15) is 24.5 Å². The standard InChI is InChI=1S/C41H72N10O14S/c42-33(52)30-65-28-27-64-26-25-44-36(54)22-20-31(40(58)59)46-38(56)23-21-32(41(60)61)45-37(55)18-14-24-43-35(53)19-15-29-66(62,63)49-39(57)17-13-11-9-7-5-3-1-2-4-6-8-10-12-16-34-47-50-51-48-34/h31-32H,1-30H2,(H2,42,52)(H,43,53)(H,44,54)(H,45,55)(H,46,56)(H,49,57)(H,58,59)(H,60,61)(H,47,48,50,51)/t31-,32-/m0/s1. The minimum Gasteiger partial charge on any atom is -0.480 e. The van der Waals surface area contributed by atoms with Crippen LogP contribution in [-0.2, 0) is 64.3 Å². The van der Waals surface area contributed by atoms with Gasteiger partial charge in [-0.15, -0.1) is 5.10 Å². The van der Waals surface area contributed by atoms with Crippen LogP contribution in [0.4, 0.5) is 0 Å². The van der Waals surface area contributed by atoms with Crippen LogP contribution in [0.15, 0.2) is 0 Å². The Bertz CT molecular complexity index is 1700. The van der Waals surface area contributed by atoms with E-state index in [4.69, 9.17) is 15.2 Å². The van der Waals surface area contributed by atoms with E-state index in [9.17, 15) is 57.0 Å². The number of nitrogens with one attached hydrogen (secondary N) is 6. The topological polar surface area (TPSA) is 370 Å². The van der Waals surface area contributed by atoms with Crippen molar-refractivity contribution in [2.75, 3.05) is 45.3 Å². The third kappa shape index (κ3) is 34.1. The van der Waals surface area contributed by atoms with Gasteiger partial charge in [-0.25, -0.2) is 23.1 Å². The molecule has 66 heavy (non-hydrogen) atoms. The van der Waals surface area contributed by atoms with Gasteiger partial charge in [-0.1, -0.05) is 70.6 Å². The highest BCUT2D eigenvalue weighted by Gasteiger charge is 2.24. The number of aliphatic carboxylic acids is 2. The highest BCUT2D eigenvalue weighted by atomic mass is 32.2. The first-order valence-electron chi connectivity index (χ1n) is 22.9. The molecule has 0 fully saturated rings. The Morgan fingerprint density at radius 1 is 0.576 bits per heavy atom. The summed E-state index contributed by atoms with van der Waals surface area (Å²) in [6.07, 6.45) is 13.7. The van der Waals surface area contributed by atoms with Gasteiger partial charge in [0.05, 0.1) is 25.6 Å². The fraction of sp³-hybridized carbons (Fsp3) is 0.780. The van der Waals surface area contributed by atoms with Gasteiger partial charge in [-0.3, -0.25) is 33.5 Å². The molecule has 0 unspecified atom stereocenters. The van der Waals surface area contributed by atoms with Gasteiger partial charge in [-0.2, -0.15) is 0 Å². The summed E-state index contributed by atoms with van der Waals surface area (Å²) in [7, 11) is -3.91. The van der Waals surface area contributed by atoms with Crippen LogP contribution >= 0.6 is 0 Å². The maximum Gasteiger partial charge on any atom is 0.326 e. The van der Waals surface area contributed by atoms with E-state index >= 15 is 0 Å². The second kappa shape index (κ2) is 36.9. The lowest BCUT2D eigenvalue weighted by atomic mass is 10.0. The summed E-state index contributed by atoms with van der Waals surface area (Å²) < 4.78 is 36.9. The average Bonchev–Trinajstić information content (AvgIpc) is 3.78. The third-order valence-electron chi connectivity index (χ3n) is 9.97. The first-order chi connectivity index (χ1) is 31.6. The Morgan fingerprint density at radius 3 is 1.62 bits per heavy atom. The van der Waals surface area contributed by atoms with E-state index in [2.05, 4.69) is 46.6 Å². The minimum atomic E-state index is -3.91. The van der Waals surface area contributed by atoms with Crippen LogP contribution in [0.5, 0.6) is 0 Å². The minimum absolute atomic E-state index is 0.0376. The second-order valence-electron chi connectivity index (χ2n) is 15.8. The molecule has 25 heteroatoms. The van der Waals surface area contributed by atoms with Crippen molar-refractivity contribution in [1.82, 2.24) is 46.6 Å². The molecule has 0 aromatic carbocycles. The predicted octanol–water partition coefficient (Wildman–Crippen LogP) is 0.660. The van der Waals surface area contributed by atoms with Gasteiger partial charge in [-0.05, 0) is 49.0 Å². The number of carbonyl (C=O) groups is 8.